The lowest BCUT2D eigenvalue weighted by atomic mass is 9.73. The molecule has 2 aliphatic rings. The molecular weight excluding hydrogens is 354 g/mol. The van der Waals surface area contributed by atoms with Crippen molar-refractivity contribution >= 4 is 11.9 Å². The van der Waals surface area contributed by atoms with Crippen LogP contribution in [0.1, 0.15) is 38.2 Å². The lowest BCUT2D eigenvalue weighted by Gasteiger charge is -2.37. The molecule has 2 heterocycles. The molecule has 2 fully saturated rings. The van der Waals surface area contributed by atoms with E-state index in [1.807, 2.05) is 59.4 Å². The van der Waals surface area contributed by atoms with Crippen molar-refractivity contribution in [3.63, 3.8) is 0 Å². The van der Waals surface area contributed by atoms with Crippen LogP contribution in [-0.2, 0) is 11.3 Å². The molecule has 1 saturated carbocycles. The zero-order valence-corrected chi connectivity index (χ0v) is 16.5. The first-order valence-corrected chi connectivity index (χ1v) is 9.91. The van der Waals surface area contributed by atoms with E-state index in [1.165, 1.54) is 4.90 Å². The van der Waals surface area contributed by atoms with Gasteiger partial charge >= 0.3 is 6.03 Å². The van der Waals surface area contributed by atoms with Crippen LogP contribution in [0.2, 0.25) is 0 Å². The van der Waals surface area contributed by atoms with Crippen molar-refractivity contribution in [2.75, 3.05) is 13.7 Å². The van der Waals surface area contributed by atoms with Crippen LogP contribution >= 0.6 is 0 Å². The smallest absolute Gasteiger partial charge is 0.323 e. The van der Waals surface area contributed by atoms with E-state index in [1.54, 1.807) is 0 Å². The van der Waals surface area contributed by atoms with Gasteiger partial charge in [-0.15, -0.1) is 0 Å². The highest BCUT2D eigenvalue weighted by Crippen LogP contribution is 2.38. The van der Waals surface area contributed by atoms with Gasteiger partial charge in [-0.1, -0.05) is 38.0 Å². The van der Waals surface area contributed by atoms with Crippen LogP contribution in [0.3, 0.4) is 0 Å². The number of carbonyl (C=O) groups is 2. The van der Waals surface area contributed by atoms with Gasteiger partial charge in [-0.3, -0.25) is 9.69 Å². The molecule has 7 heteroatoms. The Bertz CT molecular complexity index is 865. The fraction of sp³-hybridized carbons (Fsp3) is 0.476. The Morgan fingerprint density at radius 1 is 1.25 bits per heavy atom. The summed E-state index contributed by atoms with van der Waals surface area (Å²) in [5, 5.41) is 7.42. The summed E-state index contributed by atoms with van der Waals surface area (Å²) in [6.45, 7) is 2.95. The minimum Gasteiger partial charge on any atom is -0.323 e. The van der Waals surface area contributed by atoms with Gasteiger partial charge in [0.05, 0.1) is 18.6 Å². The number of benzene rings is 1. The van der Waals surface area contributed by atoms with Crippen molar-refractivity contribution in [1.82, 2.24) is 24.9 Å². The SMILES string of the molecule is C[C@@H]1CCCC[C@]12NC(=O)N(CN(C)Cc1cnn(-c3ccccc3)c1)C2=O. The van der Waals surface area contributed by atoms with E-state index in [0.717, 1.165) is 36.9 Å². The summed E-state index contributed by atoms with van der Waals surface area (Å²) < 4.78 is 1.83. The van der Waals surface area contributed by atoms with Crippen LogP contribution < -0.4 is 5.32 Å². The van der Waals surface area contributed by atoms with E-state index in [4.69, 9.17) is 0 Å². The quantitative estimate of drug-likeness (QED) is 0.809. The molecule has 0 unspecified atom stereocenters. The molecule has 1 spiro atoms. The summed E-state index contributed by atoms with van der Waals surface area (Å²) in [6, 6.07) is 9.65. The molecule has 1 aromatic heterocycles. The van der Waals surface area contributed by atoms with E-state index in [2.05, 4.69) is 17.3 Å². The molecule has 1 aliphatic carbocycles. The van der Waals surface area contributed by atoms with Crippen LogP contribution in [-0.4, -0.2) is 50.8 Å². The van der Waals surface area contributed by atoms with Gasteiger partial charge in [0.2, 0.25) is 0 Å². The molecule has 28 heavy (non-hydrogen) atoms. The van der Waals surface area contributed by atoms with Crippen LogP contribution in [0, 0.1) is 5.92 Å². The highest BCUT2D eigenvalue weighted by Gasteiger charge is 2.54. The summed E-state index contributed by atoms with van der Waals surface area (Å²) in [5.74, 6) is 0.105. The predicted octanol–water partition coefficient (Wildman–Crippen LogP) is 2.76. The first-order chi connectivity index (χ1) is 13.5. The van der Waals surface area contributed by atoms with Gasteiger partial charge in [0.15, 0.2) is 0 Å². The molecule has 1 aromatic carbocycles. The molecule has 2 aromatic rings. The Kier molecular flexibility index (Phi) is 4.93. The molecule has 3 amide bonds. The summed E-state index contributed by atoms with van der Waals surface area (Å²) in [5.41, 5.74) is 1.33. The Balaban J connectivity index is 1.41. The van der Waals surface area contributed by atoms with Crippen LogP contribution in [0.4, 0.5) is 4.79 Å². The van der Waals surface area contributed by atoms with Gasteiger partial charge in [-0.2, -0.15) is 5.10 Å². The molecule has 1 saturated heterocycles. The molecule has 0 bridgehead atoms. The molecular formula is C21H27N5O2. The van der Waals surface area contributed by atoms with Gasteiger partial charge < -0.3 is 5.32 Å². The Morgan fingerprint density at radius 2 is 2.04 bits per heavy atom. The highest BCUT2D eigenvalue weighted by atomic mass is 16.2. The summed E-state index contributed by atoms with van der Waals surface area (Å²) in [6.07, 6.45) is 7.62. The number of nitrogens with one attached hydrogen (secondary N) is 1. The number of hydrogen-bond donors (Lipinski definition) is 1. The molecule has 7 nitrogen and oxygen atoms in total. The number of aromatic nitrogens is 2. The van der Waals surface area contributed by atoms with E-state index in [9.17, 15) is 9.59 Å². The second-order valence-electron chi connectivity index (χ2n) is 8.07. The first kappa shape index (κ1) is 18.7. The number of nitrogens with zero attached hydrogens (tertiary/aromatic N) is 4. The third-order valence-corrected chi connectivity index (χ3v) is 5.99. The molecule has 2 atom stereocenters. The number of rotatable bonds is 5. The molecule has 148 valence electrons. The van der Waals surface area contributed by atoms with E-state index in [0.29, 0.717) is 6.54 Å². The van der Waals surface area contributed by atoms with Crippen molar-refractivity contribution in [1.29, 1.82) is 0 Å². The van der Waals surface area contributed by atoms with Gasteiger partial charge in [-0.05, 0) is 37.9 Å². The topological polar surface area (TPSA) is 70.5 Å². The van der Waals surface area contributed by atoms with Gasteiger partial charge in [0.1, 0.15) is 5.54 Å². The van der Waals surface area contributed by atoms with Crippen molar-refractivity contribution < 1.29 is 9.59 Å². The van der Waals surface area contributed by atoms with Gasteiger partial charge in [0, 0.05) is 18.3 Å². The van der Waals surface area contributed by atoms with E-state index in [-0.39, 0.29) is 24.5 Å². The third kappa shape index (κ3) is 3.30. The summed E-state index contributed by atoms with van der Waals surface area (Å²) in [4.78, 5) is 28.9. The average Bonchev–Trinajstić information content (AvgIpc) is 3.24. The number of imide groups is 1. The van der Waals surface area contributed by atoms with E-state index >= 15 is 0 Å². The minimum atomic E-state index is -0.700. The number of amides is 3. The fourth-order valence-corrected chi connectivity index (χ4v) is 4.39. The summed E-state index contributed by atoms with van der Waals surface area (Å²) >= 11 is 0. The second-order valence-corrected chi connectivity index (χ2v) is 8.07. The van der Waals surface area contributed by atoms with Crippen LogP contribution in [0.15, 0.2) is 42.7 Å². The van der Waals surface area contributed by atoms with Crippen molar-refractivity contribution in [3.05, 3.63) is 48.3 Å². The Hall–Kier alpha value is -2.67. The monoisotopic (exact) mass is 381 g/mol. The maximum Gasteiger partial charge on any atom is 0.326 e. The molecule has 1 N–H and O–H groups in total. The Labute approximate surface area is 165 Å². The lowest BCUT2D eigenvalue weighted by molar-refractivity contribution is -0.135. The average molecular weight is 381 g/mol. The maximum absolute atomic E-state index is 13.1. The third-order valence-electron chi connectivity index (χ3n) is 5.99. The van der Waals surface area contributed by atoms with Crippen LogP contribution in [0.5, 0.6) is 0 Å². The van der Waals surface area contributed by atoms with E-state index < -0.39 is 5.54 Å². The number of carbonyl (C=O) groups excluding carboxylic acids is 2. The fourth-order valence-electron chi connectivity index (χ4n) is 4.39. The number of urea groups is 1. The lowest BCUT2D eigenvalue weighted by Crippen LogP contribution is -2.54. The minimum absolute atomic E-state index is 0.0727. The zero-order valence-electron chi connectivity index (χ0n) is 16.5. The van der Waals surface area contributed by atoms with Gasteiger partial charge in [-0.25, -0.2) is 14.4 Å². The standard InChI is InChI=1S/C21H27N5O2/c1-16-8-6-7-11-21(16)19(27)25(20(28)23-21)15-24(2)13-17-12-22-26(14-17)18-9-4-3-5-10-18/h3-5,9-10,12,14,16H,6-8,11,13,15H2,1-2H3,(H,23,28)/t16-,21+/m1/s1. The van der Waals surface area contributed by atoms with Crippen LogP contribution in [0.25, 0.3) is 5.69 Å². The summed E-state index contributed by atoms with van der Waals surface area (Å²) in [7, 11) is 1.91. The Morgan fingerprint density at radius 3 is 2.79 bits per heavy atom. The van der Waals surface area contributed by atoms with Crippen molar-refractivity contribution in [3.8, 4) is 5.69 Å². The van der Waals surface area contributed by atoms with Crippen molar-refractivity contribution in [2.45, 2.75) is 44.7 Å². The molecule has 1 aliphatic heterocycles. The highest BCUT2D eigenvalue weighted by molar-refractivity contribution is 6.07. The van der Waals surface area contributed by atoms with Crippen molar-refractivity contribution in [2.24, 2.45) is 5.92 Å². The number of para-hydroxylation sites is 1. The predicted molar refractivity (Wildman–Crippen MR) is 106 cm³/mol. The first-order valence-electron chi connectivity index (χ1n) is 9.91. The number of hydrogen-bond acceptors (Lipinski definition) is 4. The van der Waals surface area contributed by atoms with Gasteiger partial charge in [0.25, 0.3) is 5.91 Å². The molecule has 4 rings (SSSR count). The maximum atomic E-state index is 13.1. The largest absolute Gasteiger partial charge is 0.326 e. The second kappa shape index (κ2) is 7.39. The zero-order chi connectivity index (χ0) is 19.7. The molecule has 0 radical (unpaired) electrons. The normalized spacial score (nSPS) is 25.0.